The Hall–Kier alpha value is -2.48. The lowest BCUT2D eigenvalue weighted by atomic mass is 9.85. The number of carbonyl (C=O) groups excluding carboxylic acids is 4. The summed E-state index contributed by atoms with van der Waals surface area (Å²) >= 11 is 15.5. The molecule has 0 spiro atoms. The fourth-order valence-electron chi connectivity index (χ4n) is 5.02. The maximum absolute atomic E-state index is 13.6. The summed E-state index contributed by atoms with van der Waals surface area (Å²) in [6.07, 6.45) is 4.70. The number of carbonyl (C=O) groups is 4. The molecule has 33 heavy (non-hydrogen) atoms. The van der Waals surface area contributed by atoms with E-state index >= 15 is 0 Å². The van der Waals surface area contributed by atoms with E-state index in [1.807, 2.05) is 12.2 Å². The highest BCUT2D eigenvalue weighted by Gasteiger charge is 2.61. The van der Waals surface area contributed by atoms with Crippen LogP contribution < -0.4 is 0 Å². The van der Waals surface area contributed by atoms with Crippen LogP contribution in [0, 0.1) is 23.7 Å². The highest BCUT2D eigenvalue weighted by atomic mass is 79.9. The summed E-state index contributed by atoms with van der Waals surface area (Å²) in [5.74, 6) is -3.12. The Morgan fingerprint density at radius 2 is 1.58 bits per heavy atom. The zero-order valence-electron chi connectivity index (χ0n) is 17.1. The van der Waals surface area contributed by atoms with E-state index in [0.29, 0.717) is 10.6 Å². The van der Waals surface area contributed by atoms with Crippen molar-refractivity contribution in [3.63, 3.8) is 0 Å². The Kier molecular flexibility index (Phi) is 5.67. The third kappa shape index (κ3) is 3.72. The first-order valence-corrected chi connectivity index (χ1v) is 11.9. The van der Waals surface area contributed by atoms with Gasteiger partial charge < -0.3 is 0 Å². The van der Waals surface area contributed by atoms with Gasteiger partial charge in [0, 0.05) is 15.1 Å². The maximum Gasteiger partial charge on any atom is 0.274 e. The molecular formula is C24H17BrCl2N2O4. The van der Waals surface area contributed by atoms with Crippen molar-refractivity contribution in [1.29, 1.82) is 0 Å². The largest absolute Gasteiger partial charge is 0.292 e. The second-order valence-electron chi connectivity index (χ2n) is 8.41. The third-order valence-electron chi connectivity index (χ3n) is 6.54. The molecule has 4 atom stereocenters. The van der Waals surface area contributed by atoms with Gasteiger partial charge in [-0.2, -0.15) is 5.01 Å². The maximum atomic E-state index is 13.6. The van der Waals surface area contributed by atoms with Crippen molar-refractivity contribution in [2.75, 3.05) is 6.54 Å². The summed E-state index contributed by atoms with van der Waals surface area (Å²) in [4.78, 5) is 53.4. The molecule has 0 unspecified atom stereocenters. The molecular weight excluding hydrogens is 531 g/mol. The van der Waals surface area contributed by atoms with Crippen LogP contribution >= 0.6 is 39.1 Å². The standard InChI is InChI=1S/C24H17BrCl2N2O4/c25-15-5-3-12(4-6-15)19(30)11-28(22(31)17-8-7-16(26)10-18(17)27)29-23(32)20-13-1-2-14(9-13)21(20)24(29)33/h1-8,10,13-14,20-21H,9,11H2/t13-,14-,20-,21-/m0/s1. The molecule has 3 amide bonds. The Balaban J connectivity index is 1.52. The highest BCUT2D eigenvalue weighted by Crippen LogP contribution is 2.52. The Bertz CT molecular complexity index is 1200. The van der Waals surface area contributed by atoms with Gasteiger partial charge in [0.2, 0.25) is 0 Å². The lowest BCUT2D eigenvalue weighted by molar-refractivity contribution is -0.154. The number of hydrogen-bond acceptors (Lipinski definition) is 4. The average Bonchev–Trinajstić information content (AvgIpc) is 3.46. The van der Waals surface area contributed by atoms with Crippen LogP contribution in [0.15, 0.2) is 59.1 Å². The topological polar surface area (TPSA) is 74.8 Å². The number of Topliss-reactive ketones (excluding diaryl/α,β-unsaturated/α-hetero) is 1. The molecule has 1 aliphatic heterocycles. The molecule has 2 fully saturated rings. The van der Waals surface area contributed by atoms with Gasteiger partial charge in [-0.15, -0.1) is 0 Å². The molecule has 5 rings (SSSR count). The van der Waals surface area contributed by atoms with E-state index in [1.165, 1.54) is 18.2 Å². The van der Waals surface area contributed by atoms with Crippen LogP contribution in [0.4, 0.5) is 0 Å². The Morgan fingerprint density at radius 1 is 0.970 bits per heavy atom. The number of allylic oxidation sites excluding steroid dienone is 2. The van der Waals surface area contributed by atoms with Crippen LogP contribution in [0.25, 0.3) is 0 Å². The molecule has 0 aromatic heterocycles. The summed E-state index contributed by atoms with van der Waals surface area (Å²) in [7, 11) is 0. The van der Waals surface area contributed by atoms with Crippen LogP contribution in [-0.2, 0) is 9.59 Å². The number of fused-ring (bicyclic) bond motifs is 5. The predicted molar refractivity (Wildman–Crippen MR) is 126 cm³/mol. The summed E-state index contributed by atoms with van der Waals surface area (Å²) in [5.41, 5.74) is 0.391. The summed E-state index contributed by atoms with van der Waals surface area (Å²) in [5, 5.41) is 2.20. The van der Waals surface area contributed by atoms with Gasteiger partial charge >= 0.3 is 0 Å². The van der Waals surface area contributed by atoms with E-state index in [2.05, 4.69) is 15.9 Å². The molecule has 3 aliphatic rings. The smallest absolute Gasteiger partial charge is 0.274 e. The summed E-state index contributed by atoms with van der Waals surface area (Å²) in [6.45, 7) is -0.487. The molecule has 6 nitrogen and oxygen atoms in total. The summed E-state index contributed by atoms with van der Waals surface area (Å²) in [6, 6.07) is 10.9. The lowest BCUT2D eigenvalue weighted by Crippen LogP contribution is -2.52. The monoisotopic (exact) mass is 546 g/mol. The SMILES string of the molecule is O=C(CN(C(=O)c1ccc(Cl)cc1Cl)N1C(=O)[C@@H]2[C@@H](C1=O)[C@H]1C=C[C@H]2C1)c1ccc(Br)cc1. The highest BCUT2D eigenvalue weighted by molar-refractivity contribution is 9.10. The number of halogens is 3. The fraction of sp³-hybridized carbons (Fsp3) is 0.250. The molecule has 2 bridgehead atoms. The van der Waals surface area contributed by atoms with Crippen molar-refractivity contribution < 1.29 is 19.2 Å². The number of hydrogen-bond donors (Lipinski definition) is 0. The predicted octanol–water partition coefficient (Wildman–Crippen LogP) is 4.80. The van der Waals surface area contributed by atoms with Gasteiger partial charge in [-0.1, -0.05) is 63.4 Å². The fourth-order valence-corrected chi connectivity index (χ4v) is 5.78. The van der Waals surface area contributed by atoms with E-state index in [0.717, 1.165) is 20.9 Å². The van der Waals surface area contributed by atoms with Crippen molar-refractivity contribution in [3.8, 4) is 0 Å². The number of imide groups is 1. The minimum atomic E-state index is -0.718. The van der Waals surface area contributed by atoms with Crippen LogP contribution in [0.2, 0.25) is 10.0 Å². The number of nitrogens with zero attached hydrogens (tertiary/aromatic N) is 2. The first-order valence-electron chi connectivity index (χ1n) is 10.4. The Labute approximate surface area is 208 Å². The van der Waals surface area contributed by atoms with Crippen molar-refractivity contribution in [2.45, 2.75) is 6.42 Å². The lowest BCUT2D eigenvalue weighted by Gasteiger charge is -2.31. The molecule has 0 N–H and O–H groups in total. The van der Waals surface area contributed by atoms with Crippen molar-refractivity contribution in [1.82, 2.24) is 10.0 Å². The van der Waals surface area contributed by atoms with E-state index < -0.39 is 41.9 Å². The zero-order valence-corrected chi connectivity index (χ0v) is 20.2. The molecule has 2 aliphatic carbocycles. The second-order valence-corrected chi connectivity index (χ2v) is 10.2. The van der Waals surface area contributed by atoms with E-state index in [-0.39, 0.29) is 22.4 Å². The van der Waals surface area contributed by atoms with Crippen LogP contribution in [0.1, 0.15) is 27.1 Å². The molecule has 168 valence electrons. The minimum Gasteiger partial charge on any atom is -0.292 e. The molecule has 0 radical (unpaired) electrons. The zero-order chi connectivity index (χ0) is 23.4. The number of hydrazine groups is 1. The van der Waals surface area contributed by atoms with Crippen LogP contribution in [0.3, 0.4) is 0 Å². The molecule has 9 heteroatoms. The number of rotatable bonds is 5. The normalized spacial score (nSPS) is 25.0. The van der Waals surface area contributed by atoms with Crippen LogP contribution in [0.5, 0.6) is 0 Å². The molecule has 2 aromatic rings. The minimum absolute atomic E-state index is 0.0281. The van der Waals surface area contributed by atoms with E-state index in [9.17, 15) is 19.2 Å². The van der Waals surface area contributed by atoms with Crippen molar-refractivity contribution >= 4 is 62.6 Å². The first kappa shape index (κ1) is 22.3. The molecule has 1 heterocycles. The quantitative estimate of drug-likeness (QED) is 0.306. The van der Waals surface area contributed by atoms with E-state index in [4.69, 9.17) is 23.2 Å². The Morgan fingerprint density at radius 3 is 2.15 bits per heavy atom. The van der Waals surface area contributed by atoms with Crippen molar-refractivity contribution in [3.05, 3.63) is 80.3 Å². The van der Waals surface area contributed by atoms with Gasteiger partial charge in [-0.3, -0.25) is 19.2 Å². The van der Waals surface area contributed by atoms with E-state index in [1.54, 1.807) is 24.3 Å². The third-order valence-corrected chi connectivity index (χ3v) is 7.62. The molecule has 1 saturated carbocycles. The number of benzene rings is 2. The number of ketones is 1. The van der Waals surface area contributed by atoms with Gasteiger partial charge in [-0.05, 0) is 48.6 Å². The summed E-state index contributed by atoms with van der Waals surface area (Å²) < 4.78 is 0.792. The van der Waals surface area contributed by atoms with Crippen LogP contribution in [-0.4, -0.2) is 40.1 Å². The second kappa shape index (κ2) is 8.38. The van der Waals surface area contributed by atoms with Gasteiger partial charge in [-0.25, -0.2) is 5.01 Å². The first-order chi connectivity index (χ1) is 15.8. The van der Waals surface area contributed by atoms with Gasteiger partial charge in [0.1, 0.15) is 6.54 Å². The molecule has 2 aromatic carbocycles. The van der Waals surface area contributed by atoms with Gasteiger partial charge in [0.15, 0.2) is 5.78 Å². The van der Waals surface area contributed by atoms with Gasteiger partial charge in [0.05, 0.1) is 22.4 Å². The number of amides is 3. The van der Waals surface area contributed by atoms with Crippen molar-refractivity contribution in [2.24, 2.45) is 23.7 Å². The van der Waals surface area contributed by atoms with Gasteiger partial charge in [0.25, 0.3) is 17.7 Å². The average molecular weight is 548 g/mol. The molecule has 1 saturated heterocycles.